The van der Waals surface area contributed by atoms with E-state index in [4.69, 9.17) is 9.47 Å². The molecule has 0 spiro atoms. The number of carbonyl (C=O) groups is 1. The Morgan fingerprint density at radius 3 is 1.83 bits per heavy atom. The first kappa shape index (κ1) is 20.0. The molecule has 3 aromatic rings. The van der Waals surface area contributed by atoms with Crippen molar-refractivity contribution in [3.63, 3.8) is 0 Å². The molecule has 0 amide bonds. The SMILES string of the molecule is O=C(O)C(=Cc1ccccc1)OCCC(=Cc1ccccc1)Oc1ccccc1. The van der Waals surface area contributed by atoms with Crippen molar-refractivity contribution in [3.05, 3.63) is 114 Å². The molecule has 0 saturated carbocycles. The van der Waals surface area contributed by atoms with Crippen molar-refractivity contribution < 1.29 is 19.4 Å². The molecule has 1 N–H and O–H groups in total. The van der Waals surface area contributed by atoms with Gasteiger partial charge < -0.3 is 14.6 Å². The lowest BCUT2D eigenvalue weighted by Gasteiger charge is -2.12. The van der Waals surface area contributed by atoms with Crippen molar-refractivity contribution in [2.75, 3.05) is 6.61 Å². The van der Waals surface area contributed by atoms with E-state index in [0.29, 0.717) is 17.9 Å². The Kier molecular flexibility index (Phi) is 7.24. The molecular weight excluding hydrogens is 364 g/mol. The quantitative estimate of drug-likeness (QED) is 0.382. The van der Waals surface area contributed by atoms with Crippen LogP contribution in [0.3, 0.4) is 0 Å². The van der Waals surface area contributed by atoms with Crippen LogP contribution < -0.4 is 4.74 Å². The largest absolute Gasteiger partial charge is 0.486 e. The van der Waals surface area contributed by atoms with Gasteiger partial charge in [0.1, 0.15) is 11.5 Å². The van der Waals surface area contributed by atoms with Gasteiger partial charge in [-0.15, -0.1) is 0 Å². The van der Waals surface area contributed by atoms with Crippen LogP contribution in [0, 0.1) is 0 Å². The lowest BCUT2D eigenvalue weighted by molar-refractivity contribution is -0.136. The maximum absolute atomic E-state index is 11.5. The first-order valence-corrected chi connectivity index (χ1v) is 9.32. The van der Waals surface area contributed by atoms with Gasteiger partial charge in [0.25, 0.3) is 0 Å². The average Bonchev–Trinajstić information content (AvgIpc) is 2.75. The number of hydrogen-bond acceptors (Lipinski definition) is 3. The molecule has 0 saturated heterocycles. The minimum atomic E-state index is -1.11. The maximum atomic E-state index is 11.5. The highest BCUT2D eigenvalue weighted by atomic mass is 16.5. The smallest absolute Gasteiger partial charge is 0.371 e. The van der Waals surface area contributed by atoms with E-state index >= 15 is 0 Å². The molecule has 4 heteroatoms. The van der Waals surface area contributed by atoms with E-state index in [2.05, 4.69) is 0 Å². The Morgan fingerprint density at radius 2 is 1.28 bits per heavy atom. The zero-order valence-electron chi connectivity index (χ0n) is 15.9. The molecule has 3 aromatic carbocycles. The van der Waals surface area contributed by atoms with Crippen LogP contribution in [0.4, 0.5) is 0 Å². The summed E-state index contributed by atoms with van der Waals surface area (Å²) in [7, 11) is 0. The van der Waals surface area contributed by atoms with Crippen LogP contribution in [-0.4, -0.2) is 17.7 Å². The van der Waals surface area contributed by atoms with Crippen molar-refractivity contribution >= 4 is 18.1 Å². The molecule has 3 rings (SSSR count). The predicted octanol–water partition coefficient (Wildman–Crippen LogP) is 5.64. The highest BCUT2D eigenvalue weighted by Gasteiger charge is 2.10. The molecule has 4 nitrogen and oxygen atoms in total. The number of hydrogen-bond donors (Lipinski definition) is 1. The second kappa shape index (κ2) is 10.5. The van der Waals surface area contributed by atoms with Crippen LogP contribution >= 0.6 is 0 Å². The molecule has 0 aliphatic heterocycles. The van der Waals surface area contributed by atoms with E-state index in [1.807, 2.05) is 97.1 Å². The Labute approximate surface area is 170 Å². The normalized spacial score (nSPS) is 11.7. The summed E-state index contributed by atoms with van der Waals surface area (Å²) in [6.45, 7) is 0.177. The van der Waals surface area contributed by atoms with Crippen LogP contribution in [0.2, 0.25) is 0 Å². The summed E-state index contributed by atoms with van der Waals surface area (Å²) < 4.78 is 11.5. The lowest BCUT2D eigenvalue weighted by atomic mass is 10.2. The highest BCUT2D eigenvalue weighted by Crippen LogP contribution is 2.18. The standard InChI is InChI=1S/C25H22O4/c26-25(27)24(19-21-12-6-2-7-13-21)28-17-16-23(18-20-10-4-1-5-11-20)29-22-14-8-3-9-15-22/h1-15,18-19H,16-17H2,(H,26,27). The number of rotatable bonds is 9. The minimum Gasteiger partial charge on any atom is -0.486 e. The van der Waals surface area contributed by atoms with E-state index < -0.39 is 5.97 Å². The third kappa shape index (κ3) is 6.70. The molecule has 0 aliphatic rings. The van der Waals surface area contributed by atoms with Crippen molar-refractivity contribution in [2.45, 2.75) is 6.42 Å². The maximum Gasteiger partial charge on any atom is 0.371 e. The fourth-order valence-electron chi connectivity index (χ4n) is 2.66. The summed E-state index contributed by atoms with van der Waals surface area (Å²) in [5.41, 5.74) is 1.77. The van der Waals surface area contributed by atoms with Gasteiger partial charge in [0.2, 0.25) is 5.76 Å². The summed E-state index contributed by atoms with van der Waals surface area (Å²) in [6, 6.07) is 28.5. The van der Waals surface area contributed by atoms with E-state index in [-0.39, 0.29) is 12.4 Å². The van der Waals surface area contributed by atoms with Gasteiger partial charge in [0, 0.05) is 6.42 Å². The Hall–Kier alpha value is -3.79. The van der Waals surface area contributed by atoms with Gasteiger partial charge in [-0.2, -0.15) is 0 Å². The summed E-state index contributed by atoms with van der Waals surface area (Å²) in [5, 5.41) is 9.43. The molecule has 0 unspecified atom stereocenters. The van der Waals surface area contributed by atoms with E-state index in [1.54, 1.807) is 0 Å². The molecule has 0 heterocycles. The summed E-state index contributed by atoms with van der Waals surface area (Å²) >= 11 is 0. The van der Waals surface area contributed by atoms with E-state index in [9.17, 15) is 9.90 Å². The predicted molar refractivity (Wildman–Crippen MR) is 114 cm³/mol. The summed E-state index contributed by atoms with van der Waals surface area (Å²) in [5.74, 6) is 0.196. The van der Waals surface area contributed by atoms with Crippen LogP contribution in [0.5, 0.6) is 5.75 Å². The van der Waals surface area contributed by atoms with Crippen LogP contribution in [-0.2, 0) is 9.53 Å². The number of ether oxygens (including phenoxy) is 2. The summed E-state index contributed by atoms with van der Waals surface area (Å²) in [4.78, 5) is 11.5. The van der Waals surface area contributed by atoms with Crippen LogP contribution in [0.15, 0.2) is 103 Å². The zero-order chi connectivity index (χ0) is 20.3. The molecule has 0 bridgehead atoms. The van der Waals surface area contributed by atoms with Crippen LogP contribution in [0.1, 0.15) is 17.5 Å². The van der Waals surface area contributed by atoms with Gasteiger partial charge in [0.15, 0.2) is 0 Å². The zero-order valence-corrected chi connectivity index (χ0v) is 15.9. The van der Waals surface area contributed by atoms with Gasteiger partial charge in [0.05, 0.1) is 6.61 Å². The number of carboxylic acids is 1. The Bertz CT molecular complexity index is 961. The minimum absolute atomic E-state index is 0.102. The molecule has 0 aromatic heterocycles. The van der Waals surface area contributed by atoms with Gasteiger partial charge >= 0.3 is 5.97 Å². The van der Waals surface area contributed by atoms with Gasteiger partial charge in [-0.1, -0.05) is 78.9 Å². The average molecular weight is 386 g/mol. The molecular formula is C25H22O4. The van der Waals surface area contributed by atoms with Crippen molar-refractivity contribution in [1.29, 1.82) is 0 Å². The van der Waals surface area contributed by atoms with Crippen molar-refractivity contribution in [2.24, 2.45) is 0 Å². The lowest BCUT2D eigenvalue weighted by Crippen LogP contribution is -2.08. The first-order valence-electron chi connectivity index (χ1n) is 9.32. The number of para-hydroxylation sites is 1. The summed E-state index contributed by atoms with van der Waals surface area (Å²) in [6.07, 6.45) is 3.86. The van der Waals surface area contributed by atoms with E-state index in [1.165, 1.54) is 6.08 Å². The van der Waals surface area contributed by atoms with E-state index in [0.717, 1.165) is 11.1 Å². The second-order valence-electron chi connectivity index (χ2n) is 6.26. The molecule has 0 atom stereocenters. The monoisotopic (exact) mass is 386 g/mol. The van der Waals surface area contributed by atoms with Gasteiger partial charge in [-0.25, -0.2) is 4.79 Å². The van der Waals surface area contributed by atoms with Gasteiger partial charge in [-0.05, 0) is 35.4 Å². The third-order valence-electron chi connectivity index (χ3n) is 4.03. The number of benzene rings is 3. The Balaban J connectivity index is 1.71. The molecule has 0 radical (unpaired) electrons. The van der Waals surface area contributed by atoms with Crippen molar-refractivity contribution in [3.8, 4) is 5.75 Å². The molecule has 146 valence electrons. The number of carboxylic acid groups (broad SMARTS) is 1. The topological polar surface area (TPSA) is 55.8 Å². The molecule has 0 fully saturated rings. The first-order chi connectivity index (χ1) is 14.2. The third-order valence-corrected chi connectivity index (χ3v) is 4.03. The fraction of sp³-hybridized carbons (Fsp3) is 0.0800. The van der Waals surface area contributed by atoms with Crippen LogP contribution in [0.25, 0.3) is 12.2 Å². The fourth-order valence-corrected chi connectivity index (χ4v) is 2.66. The van der Waals surface area contributed by atoms with Crippen molar-refractivity contribution in [1.82, 2.24) is 0 Å². The number of aliphatic carboxylic acids is 1. The second-order valence-corrected chi connectivity index (χ2v) is 6.26. The Morgan fingerprint density at radius 1 is 0.759 bits per heavy atom. The molecule has 0 aliphatic carbocycles. The highest BCUT2D eigenvalue weighted by molar-refractivity contribution is 5.89. The van der Waals surface area contributed by atoms with Gasteiger partial charge in [-0.3, -0.25) is 0 Å². The molecule has 29 heavy (non-hydrogen) atoms.